The molecule has 9 nitrogen and oxygen atoms in total. The van der Waals surface area contributed by atoms with Gasteiger partial charge in [-0.05, 0) is 54.0 Å². The summed E-state index contributed by atoms with van der Waals surface area (Å²) < 4.78 is 14.4. The van der Waals surface area contributed by atoms with Crippen LogP contribution in [0.5, 0.6) is 0 Å². The molecule has 0 radical (unpaired) electrons. The first-order valence-corrected chi connectivity index (χ1v) is 9.04. The SMILES string of the molecule is Cc1cn([C@H]2CC(N=[N+]=[N-])[C@@H](COC(C)(C)C)O2)c(=O)n(C(C)(C)C)c1=O. The van der Waals surface area contributed by atoms with Crippen molar-refractivity contribution in [1.82, 2.24) is 9.13 Å². The highest BCUT2D eigenvalue weighted by molar-refractivity contribution is 5.06. The molecule has 2 rings (SSSR count). The van der Waals surface area contributed by atoms with Crippen LogP contribution in [0, 0.1) is 6.92 Å². The van der Waals surface area contributed by atoms with Crippen LogP contribution in [0.25, 0.3) is 10.4 Å². The smallest absolute Gasteiger partial charge is 0.333 e. The second-order valence-electron chi connectivity index (χ2n) is 8.87. The summed E-state index contributed by atoms with van der Waals surface area (Å²) in [4.78, 5) is 28.3. The van der Waals surface area contributed by atoms with Crippen LogP contribution < -0.4 is 11.2 Å². The van der Waals surface area contributed by atoms with Gasteiger partial charge in [-0.3, -0.25) is 13.9 Å². The van der Waals surface area contributed by atoms with E-state index in [1.54, 1.807) is 27.7 Å². The molecular weight excluding hydrogens is 350 g/mol. The van der Waals surface area contributed by atoms with Crippen molar-refractivity contribution in [1.29, 1.82) is 0 Å². The molecule has 1 aromatic heterocycles. The topological polar surface area (TPSA) is 111 Å². The fourth-order valence-electron chi connectivity index (χ4n) is 3.05. The van der Waals surface area contributed by atoms with Gasteiger partial charge >= 0.3 is 5.69 Å². The third-order valence-electron chi connectivity index (χ3n) is 4.35. The molecule has 0 bridgehead atoms. The third-order valence-corrected chi connectivity index (χ3v) is 4.35. The first kappa shape index (κ1) is 21.2. The number of hydrogen-bond acceptors (Lipinski definition) is 5. The summed E-state index contributed by atoms with van der Waals surface area (Å²) in [5.41, 5.74) is 7.51. The van der Waals surface area contributed by atoms with Gasteiger partial charge in [-0.2, -0.15) is 0 Å². The molecule has 1 aliphatic rings. The minimum Gasteiger partial charge on any atom is -0.373 e. The van der Waals surface area contributed by atoms with Crippen LogP contribution >= 0.6 is 0 Å². The molecule has 150 valence electrons. The first-order chi connectivity index (χ1) is 12.3. The van der Waals surface area contributed by atoms with Crippen molar-refractivity contribution in [2.45, 2.75) is 84.4 Å². The average molecular weight is 379 g/mol. The van der Waals surface area contributed by atoms with E-state index < -0.39 is 29.6 Å². The summed E-state index contributed by atoms with van der Waals surface area (Å²) in [6.45, 7) is 13.1. The fraction of sp³-hybridized carbons (Fsp3) is 0.778. The normalized spacial score (nSPS) is 23.3. The maximum Gasteiger partial charge on any atom is 0.333 e. The van der Waals surface area contributed by atoms with E-state index in [4.69, 9.17) is 15.0 Å². The minimum atomic E-state index is -0.667. The molecule has 0 aliphatic carbocycles. The van der Waals surface area contributed by atoms with Gasteiger partial charge in [-0.25, -0.2) is 4.79 Å². The zero-order valence-corrected chi connectivity index (χ0v) is 17.1. The number of azide groups is 1. The van der Waals surface area contributed by atoms with Crippen molar-refractivity contribution < 1.29 is 9.47 Å². The zero-order chi connectivity index (χ0) is 20.6. The van der Waals surface area contributed by atoms with Gasteiger partial charge < -0.3 is 9.47 Å². The van der Waals surface area contributed by atoms with Crippen molar-refractivity contribution in [2.75, 3.05) is 6.61 Å². The molecule has 0 spiro atoms. The van der Waals surface area contributed by atoms with Crippen LogP contribution in [-0.2, 0) is 15.0 Å². The molecular formula is C18H29N5O4. The highest BCUT2D eigenvalue weighted by Crippen LogP contribution is 2.31. The number of aryl methyl sites for hydroxylation is 1. The fourth-order valence-corrected chi connectivity index (χ4v) is 3.05. The lowest BCUT2D eigenvalue weighted by Gasteiger charge is -2.25. The van der Waals surface area contributed by atoms with E-state index >= 15 is 0 Å². The summed E-state index contributed by atoms with van der Waals surface area (Å²) in [5.74, 6) is 0. The van der Waals surface area contributed by atoms with E-state index in [1.807, 2.05) is 20.8 Å². The monoisotopic (exact) mass is 379 g/mol. The Morgan fingerprint density at radius 1 is 1.30 bits per heavy atom. The summed E-state index contributed by atoms with van der Waals surface area (Å²) >= 11 is 0. The van der Waals surface area contributed by atoms with Crippen LogP contribution in [0.15, 0.2) is 20.9 Å². The maximum atomic E-state index is 13.0. The summed E-state index contributed by atoms with van der Waals surface area (Å²) in [6, 6.07) is -0.454. The second-order valence-corrected chi connectivity index (χ2v) is 8.87. The predicted octanol–water partition coefficient (Wildman–Crippen LogP) is 2.85. The van der Waals surface area contributed by atoms with Crippen molar-refractivity contribution in [2.24, 2.45) is 5.11 Å². The van der Waals surface area contributed by atoms with Crippen LogP contribution in [0.2, 0.25) is 0 Å². The van der Waals surface area contributed by atoms with Gasteiger partial charge in [-0.15, -0.1) is 0 Å². The van der Waals surface area contributed by atoms with Crippen molar-refractivity contribution in [3.05, 3.63) is 43.0 Å². The molecule has 3 atom stereocenters. The van der Waals surface area contributed by atoms with Crippen LogP contribution in [0.1, 0.15) is 59.8 Å². The van der Waals surface area contributed by atoms with E-state index in [9.17, 15) is 9.59 Å². The summed E-state index contributed by atoms with van der Waals surface area (Å²) in [5, 5.41) is 3.81. The average Bonchev–Trinajstić information content (AvgIpc) is 2.90. The molecule has 1 aliphatic heterocycles. The van der Waals surface area contributed by atoms with E-state index in [2.05, 4.69) is 10.0 Å². The molecule has 1 fully saturated rings. The molecule has 0 aromatic carbocycles. The number of aromatic nitrogens is 2. The Labute approximate surface area is 158 Å². The Kier molecular flexibility index (Phi) is 5.89. The van der Waals surface area contributed by atoms with E-state index in [-0.39, 0.29) is 17.8 Å². The predicted molar refractivity (Wildman–Crippen MR) is 102 cm³/mol. The van der Waals surface area contributed by atoms with Gasteiger partial charge in [0.1, 0.15) is 6.23 Å². The maximum absolute atomic E-state index is 13.0. The quantitative estimate of drug-likeness (QED) is 0.455. The van der Waals surface area contributed by atoms with E-state index in [1.165, 1.54) is 15.3 Å². The highest BCUT2D eigenvalue weighted by Gasteiger charge is 2.38. The van der Waals surface area contributed by atoms with Gasteiger partial charge in [0.05, 0.1) is 24.4 Å². The molecule has 1 unspecified atom stereocenters. The number of rotatable bonds is 4. The van der Waals surface area contributed by atoms with Gasteiger partial charge in [-0.1, -0.05) is 5.11 Å². The Morgan fingerprint density at radius 2 is 1.93 bits per heavy atom. The lowest BCUT2D eigenvalue weighted by Crippen LogP contribution is -2.49. The van der Waals surface area contributed by atoms with Crippen LogP contribution in [0.3, 0.4) is 0 Å². The Balaban J connectivity index is 2.41. The standard InChI is InChI=1S/C18H29N5O4/c1-11-9-22(16(25)23(15(11)24)17(2,3)4)14-8-12(20-21-19)13(27-14)10-26-18(5,6)7/h9,12-14H,8,10H2,1-7H3/t12?,13-,14-/m1/s1. The Hall–Kier alpha value is -2.09. The van der Waals surface area contributed by atoms with Gasteiger partial charge in [0.2, 0.25) is 0 Å². The molecule has 0 N–H and O–H groups in total. The highest BCUT2D eigenvalue weighted by atomic mass is 16.6. The molecule has 0 amide bonds. The first-order valence-electron chi connectivity index (χ1n) is 9.04. The summed E-state index contributed by atoms with van der Waals surface area (Å²) in [6.07, 6.45) is 0.753. The summed E-state index contributed by atoms with van der Waals surface area (Å²) in [7, 11) is 0. The van der Waals surface area contributed by atoms with E-state index in [0.29, 0.717) is 12.0 Å². The second kappa shape index (κ2) is 7.50. The van der Waals surface area contributed by atoms with Crippen LogP contribution in [0.4, 0.5) is 0 Å². The van der Waals surface area contributed by atoms with Gasteiger partial charge in [0.25, 0.3) is 5.56 Å². The Bertz CT molecular complexity index is 852. The zero-order valence-electron chi connectivity index (χ0n) is 17.1. The minimum absolute atomic E-state index is 0.246. The largest absolute Gasteiger partial charge is 0.373 e. The molecule has 0 saturated carbocycles. The Morgan fingerprint density at radius 3 is 2.44 bits per heavy atom. The molecule has 2 heterocycles. The van der Waals surface area contributed by atoms with Crippen molar-refractivity contribution in [3.63, 3.8) is 0 Å². The lowest BCUT2D eigenvalue weighted by molar-refractivity contribution is -0.0859. The molecule has 9 heteroatoms. The van der Waals surface area contributed by atoms with Gasteiger partial charge in [0.15, 0.2) is 0 Å². The lowest BCUT2D eigenvalue weighted by atomic mass is 10.1. The number of ether oxygens (including phenoxy) is 2. The van der Waals surface area contributed by atoms with Crippen LogP contribution in [-0.4, -0.2) is 33.5 Å². The third kappa shape index (κ3) is 4.80. The molecule has 1 saturated heterocycles. The van der Waals surface area contributed by atoms with Crippen molar-refractivity contribution >= 4 is 0 Å². The molecule has 1 aromatic rings. The molecule has 27 heavy (non-hydrogen) atoms. The van der Waals surface area contributed by atoms with Gasteiger partial charge in [0, 0.05) is 28.6 Å². The number of nitrogens with zero attached hydrogens (tertiary/aromatic N) is 5. The van der Waals surface area contributed by atoms with E-state index in [0.717, 1.165) is 0 Å². The number of hydrogen-bond donors (Lipinski definition) is 0. The van der Waals surface area contributed by atoms with Crippen molar-refractivity contribution in [3.8, 4) is 0 Å².